The largest absolute Gasteiger partial charge is 0.496 e. The van der Waals surface area contributed by atoms with E-state index in [0.29, 0.717) is 17.7 Å². The van der Waals surface area contributed by atoms with Crippen molar-refractivity contribution in [1.29, 1.82) is 0 Å². The minimum atomic E-state index is -3.29. The molecule has 6 nitrogen and oxygen atoms in total. The highest BCUT2D eigenvalue weighted by Gasteiger charge is 2.26. The molecule has 0 radical (unpaired) electrons. The molecule has 126 valence electrons. The molecule has 0 aliphatic carbocycles. The van der Waals surface area contributed by atoms with Crippen molar-refractivity contribution in [2.24, 2.45) is 5.92 Å². The SMILES string of the molecule is COc1ccc(S(C)(=O)=O)cc1/C=C(\C)C1NNC(=O)CC1C. The molecule has 1 aromatic carbocycles. The first-order chi connectivity index (χ1) is 10.7. The van der Waals surface area contributed by atoms with Crippen LogP contribution >= 0.6 is 0 Å². The van der Waals surface area contributed by atoms with Crippen LogP contribution in [0.4, 0.5) is 0 Å². The second kappa shape index (κ2) is 6.72. The lowest BCUT2D eigenvalue weighted by Crippen LogP contribution is -2.53. The summed E-state index contributed by atoms with van der Waals surface area (Å²) in [6.07, 6.45) is 3.51. The number of ether oxygens (including phenoxy) is 1. The molecule has 0 spiro atoms. The number of hydrazine groups is 1. The summed E-state index contributed by atoms with van der Waals surface area (Å²) in [5.74, 6) is 0.714. The molecule has 2 unspecified atom stereocenters. The second-order valence-corrected chi connectivity index (χ2v) is 7.93. The molecule has 1 aliphatic rings. The van der Waals surface area contributed by atoms with Crippen molar-refractivity contribution in [3.05, 3.63) is 29.3 Å². The maximum Gasteiger partial charge on any atom is 0.234 e. The van der Waals surface area contributed by atoms with E-state index in [-0.39, 0.29) is 22.8 Å². The molecule has 0 saturated carbocycles. The summed E-state index contributed by atoms with van der Waals surface area (Å²) < 4.78 is 28.8. The number of methoxy groups -OCH3 is 1. The van der Waals surface area contributed by atoms with Gasteiger partial charge in [0.25, 0.3) is 0 Å². The fraction of sp³-hybridized carbons (Fsp3) is 0.438. The summed E-state index contributed by atoms with van der Waals surface area (Å²) in [5.41, 5.74) is 7.31. The number of carbonyl (C=O) groups is 1. The summed E-state index contributed by atoms with van der Waals surface area (Å²) in [6, 6.07) is 4.76. The molecule has 23 heavy (non-hydrogen) atoms. The monoisotopic (exact) mass is 338 g/mol. The van der Waals surface area contributed by atoms with Crippen LogP contribution < -0.4 is 15.6 Å². The van der Waals surface area contributed by atoms with Crippen molar-refractivity contribution in [1.82, 2.24) is 10.9 Å². The number of nitrogens with one attached hydrogen (secondary N) is 2. The Morgan fingerprint density at radius 2 is 2.09 bits per heavy atom. The van der Waals surface area contributed by atoms with E-state index in [9.17, 15) is 13.2 Å². The van der Waals surface area contributed by atoms with Crippen LogP contribution in [-0.4, -0.2) is 33.7 Å². The zero-order valence-corrected chi connectivity index (χ0v) is 14.5. The molecule has 1 aromatic rings. The van der Waals surface area contributed by atoms with Crippen molar-refractivity contribution in [2.45, 2.75) is 31.2 Å². The number of benzene rings is 1. The lowest BCUT2D eigenvalue weighted by molar-refractivity contribution is -0.125. The van der Waals surface area contributed by atoms with Gasteiger partial charge in [-0.3, -0.25) is 10.2 Å². The zero-order chi connectivity index (χ0) is 17.2. The third-order valence-electron chi connectivity index (χ3n) is 3.95. The van der Waals surface area contributed by atoms with Crippen LogP contribution in [0.1, 0.15) is 25.8 Å². The number of carbonyl (C=O) groups excluding carboxylic acids is 1. The molecule has 0 bridgehead atoms. The van der Waals surface area contributed by atoms with Gasteiger partial charge in [-0.15, -0.1) is 0 Å². The Kier molecular flexibility index (Phi) is 5.11. The Morgan fingerprint density at radius 1 is 1.39 bits per heavy atom. The van der Waals surface area contributed by atoms with Gasteiger partial charge >= 0.3 is 0 Å². The van der Waals surface area contributed by atoms with Crippen molar-refractivity contribution in [3.63, 3.8) is 0 Å². The average molecular weight is 338 g/mol. The molecule has 1 aliphatic heterocycles. The van der Waals surface area contributed by atoms with Gasteiger partial charge in [0.05, 0.1) is 18.0 Å². The predicted molar refractivity (Wildman–Crippen MR) is 88.6 cm³/mol. The molecular weight excluding hydrogens is 316 g/mol. The predicted octanol–water partition coefficient (Wildman–Crippen LogP) is 1.53. The fourth-order valence-electron chi connectivity index (χ4n) is 2.72. The quantitative estimate of drug-likeness (QED) is 0.870. The normalized spacial score (nSPS) is 22.6. The van der Waals surface area contributed by atoms with Gasteiger partial charge in [-0.25, -0.2) is 13.8 Å². The molecule has 1 heterocycles. The van der Waals surface area contributed by atoms with Crippen molar-refractivity contribution in [2.75, 3.05) is 13.4 Å². The minimum Gasteiger partial charge on any atom is -0.496 e. The van der Waals surface area contributed by atoms with Crippen LogP contribution in [-0.2, 0) is 14.6 Å². The van der Waals surface area contributed by atoms with E-state index >= 15 is 0 Å². The van der Waals surface area contributed by atoms with Crippen LogP contribution in [0.2, 0.25) is 0 Å². The number of hydrogen-bond donors (Lipinski definition) is 2. The highest BCUT2D eigenvalue weighted by Crippen LogP contribution is 2.27. The molecule has 0 aromatic heterocycles. The Morgan fingerprint density at radius 3 is 2.65 bits per heavy atom. The lowest BCUT2D eigenvalue weighted by Gasteiger charge is -2.30. The highest BCUT2D eigenvalue weighted by atomic mass is 32.2. The lowest BCUT2D eigenvalue weighted by atomic mass is 9.90. The number of rotatable bonds is 4. The number of sulfone groups is 1. The molecule has 7 heteroatoms. The second-order valence-electron chi connectivity index (χ2n) is 5.92. The summed E-state index contributed by atoms with van der Waals surface area (Å²) in [5, 5.41) is 0. The van der Waals surface area contributed by atoms with Gasteiger partial charge in [-0.2, -0.15) is 0 Å². The highest BCUT2D eigenvalue weighted by molar-refractivity contribution is 7.90. The Balaban J connectivity index is 2.38. The standard InChI is InChI=1S/C16H22N2O4S/c1-10(16-11(2)8-15(19)17-18-16)7-12-9-13(23(4,20)21)5-6-14(12)22-3/h5-7,9,11,16,18H,8H2,1-4H3,(H,17,19)/b10-7+. The first-order valence-corrected chi connectivity index (χ1v) is 9.22. The van der Waals surface area contributed by atoms with Gasteiger partial charge in [0.15, 0.2) is 9.84 Å². The zero-order valence-electron chi connectivity index (χ0n) is 13.7. The number of amides is 1. The van der Waals surface area contributed by atoms with Gasteiger partial charge in [-0.05, 0) is 31.0 Å². The van der Waals surface area contributed by atoms with Crippen molar-refractivity contribution in [3.8, 4) is 5.75 Å². The van der Waals surface area contributed by atoms with E-state index in [1.165, 1.54) is 12.3 Å². The van der Waals surface area contributed by atoms with Crippen LogP contribution in [0.25, 0.3) is 6.08 Å². The summed E-state index contributed by atoms with van der Waals surface area (Å²) in [6.45, 7) is 3.94. The van der Waals surface area contributed by atoms with E-state index < -0.39 is 9.84 Å². The summed E-state index contributed by atoms with van der Waals surface area (Å²) in [7, 11) is -1.74. The molecule has 1 amide bonds. The van der Waals surface area contributed by atoms with Gasteiger partial charge in [-0.1, -0.05) is 18.6 Å². The fourth-order valence-corrected chi connectivity index (χ4v) is 3.37. The van der Waals surface area contributed by atoms with Crippen LogP contribution in [0.3, 0.4) is 0 Å². The maximum atomic E-state index is 11.7. The van der Waals surface area contributed by atoms with Crippen molar-refractivity contribution < 1.29 is 17.9 Å². The molecule has 2 rings (SSSR count). The van der Waals surface area contributed by atoms with Crippen LogP contribution in [0.5, 0.6) is 5.75 Å². The van der Waals surface area contributed by atoms with E-state index in [1.54, 1.807) is 19.2 Å². The Hall–Kier alpha value is -1.86. The topological polar surface area (TPSA) is 84.5 Å². The van der Waals surface area contributed by atoms with Crippen LogP contribution in [0.15, 0.2) is 28.7 Å². The molecule has 1 fully saturated rings. The van der Waals surface area contributed by atoms with Gasteiger partial charge in [0, 0.05) is 18.2 Å². The third-order valence-corrected chi connectivity index (χ3v) is 5.06. The Labute approximate surface area is 136 Å². The van der Waals surface area contributed by atoms with Gasteiger partial charge in [0.1, 0.15) is 5.75 Å². The minimum absolute atomic E-state index is 0.0145. The van der Waals surface area contributed by atoms with E-state index in [2.05, 4.69) is 10.9 Å². The molecule has 2 N–H and O–H groups in total. The van der Waals surface area contributed by atoms with E-state index in [0.717, 1.165) is 5.57 Å². The molecule has 2 atom stereocenters. The number of hydrogen-bond acceptors (Lipinski definition) is 5. The smallest absolute Gasteiger partial charge is 0.234 e. The van der Waals surface area contributed by atoms with Crippen molar-refractivity contribution >= 4 is 21.8 Å². The first-order valence-electron chi connectivity index (χ1n) is 7.33. The van der Waals surface area contributed by atoms with E-state index in [1.807, 2.05) is 19.9 Å². The maximum absolute atomic E-state index is 11.7. The van der Waals surface area contributed by atoms with Gasteiger partial charge < -0.3 is 4.74 Å². The third kappa shape index (κ3) is 4.11. The van der Waals surface area contributed by atoms with Gasteiger partial charge in [0.2, 0.25) is 5.91 Å². The summed E-state index contributed by atoms with van der Waals surface area (Å²) >= 11 is 0. The first kappa shape index (κ1) is 17.5. The van der Waals surface area contributed by atoms with E-state index in [4.69, 9.17) is 4.74 Å². The van der Waals surface area contributed by atoms with Crippen LogP contribution in [0, 0.1) is 5.92 Å². The molecular formula is C16H22N2O4S. The summed E-state index contributed by atoms with van der Waals surface area (Å²) in [4.78, 5) is 11.6. The average Bonchev–Trinajstić information content (AvgIpc) is 2.46. The Bertz CT molecular complexity index is 740. The molecule has 1 saturated heterocycles.